The Morgan fingerprint density at radius 1 is 1.28 bits per heavy atom. The summed E-state index contributed by atoms with van der Waals surface area (Å²) in [5.41, 5.74) is 0.549. The molecule has 18 heavy (non-hydrogen) atoms. The van der Waals surface area contributed by atoms with Crippen molar-refractivity contribution >= 4 is 17.5 Å². The molecule has 1 heterocycles. The predicted molar refractivity (Wildman–Crippen MR) is 70.7 cm³/mol. The molecule has 5 heteroatoms. The maximum Gasteiger partial charge on any atom is 0.257 e. The van der Waals surface area contributed by atoms with E-state index in [1.165, 1.54) is 25.6 Å². The van der Waals surface area contributed by atoms with Crippen molar-refractivity contribution in [1.29, 1.82) is 0 Å². The highest BCUT2D eigenvalue weighted by atomic mass is 35.5. The summed E-state index contributed by atoms with van der Waals surface area (Å²) in [6, 6.07) is 0.324. The number of halogens is 1. The van der Waals surface area contributed by atoms with Crippen LogP contribution in [0.2, 0.25) is 0 Å². The molecule has 1 aromatic heterocycles. The lowest BCUT2D eigenvalue weighted by Crippen LogP contribution is -2.42. The van der Waals surface area contributed by atoms with E-state index in [0.717, 1.165) is 12.8 Å². The largest absolute Gasteiger partial charge is 0.334 e. The first kappa shape index (κ1) is 13.3. The van der Waals surface area contributed by atoms with E-state index in [0.29, 0.717) is 24.0 Å². The molecule has 1 saturated carbocycles. The van der Waals surface area contributed by atoms with Crippen molar-refractivity contribution in [2.45, 2.75) is 38.1 Å². The molecule has 0 aromatic carbocycles. The SMILES string of the molecule is O=C(c1cncnc1)N(CCCl)C1CCCCC1. The van der Waals surface area contributed by atoms with Gasteiger partial charge < -0.3 is 4.90 Å². The molecule has 1 aromatic rings. The van der Waals surface area contributed by atoms with Gasteiger partial charge in [0.25, 0.3) is 5.91 Å². The second-order valence-corrected chi connectivity index (χ2v) is 4.98. The first-order valence-corrected chi connectivity index (χ1v) is 6.98. The number of carbonyl (C=O) groups is 1. The fraction of sp³-hybridized carbons (Fsp3) is 0.615. The lowest BCUT2D eigenvalue weighted by molar-refractivity contribution is 0.0649. The Morgan fingerprint density at radius 2 is 1.94 bits per heavy atom. The molecule has 98 valence electrons. The number of carbonyl (C=O) groups excluding carboxylic acids is 1. The van der Waals surface area contributed by atoms with E-state index in [1.807, 2.05) is 4.90 Å². The van der Waals surface area contributed by atoms with Crippen molar-refractivity contribution in [3.63, 3.8) is 0 Å². The third kappa shape index (κ3) is 3.19. The Balaban J connectivity index is 2.11. The minimum absolute atomic E-state index is 0.00292. The summed E-state index contributed by atoms with van der Waals surface area (Å²) in [6.07, 6.45) is 10.4. The number of alkyl halides is 1. The minimum Gasteiger partial charge on any atom is -0.334 e. The fourth-order valence-corrected chi connectivity index (χ4v) is 2.69. The molecular formula is C13H18ClN3O. The molecule has 1 fully saturated rings. The first-order valence-electron chi connectivity index (χ1n) is 6.45. The molecule has 2 rings (SSSR count). The number of hydrogen-bond donors (Lipinski definition) is 0. The zero-order chi connectivity index (χ0) is 12.8. The van der Waals surface area contributed by atoms with Crippen LogP contribution in [-0.4, -0.2) is 39.2 Å². The molecule has 1 aliphatic carbocycles. The van der Waals surface area contributed by atoms with E-state index in [9.17, 15) is 4.79 Å². The molecule has 1 amide bonds. The molecule has 4 nitrogen and oxygen atoms in total. The third-order valence-corrected chi connectivity index (χ3v) is 3.58. The van der Waals surface area contributed by atoms with Crippen molar-refractivity contribution in [3.05, 3.63) is 24.3 Å². The van der Waals surface area contributed by atoms with E-state index in [-0.39, 0.29) is 5.91 Å². The Kier molecular flexibility index (Phi) is 4.93. The third-order valence-electron chi connectivity index (χ3n) is 3.41. The van der Waals surface area contributed by atoms with E-state index >= 15 is 0 Å². The van der Waals surface area contributed by atoms with Crippen LogP contribution >= 0.6 is 11.6 Å². The fourth-order valence-electron chi connectivity index (χ4n) is 2.51. The van der Waals surface area contributed by atoms with E-state index in [1.54, 1.807) is 12.4 Å². The Labute approximate surface area is 112 Å². The van der Waals surface area contributed by atoms with Crippen LogP contribution in [0.4, 0.5) is 0 Å². The number of aromatic nitrogens is 2. The Morgan fingerprint density at radius 3 is 2.56 bits per heavy atom. The van der Waals surface area contributed by atoms with Gasteiger partial charge in [0.1, 0.15) is 6.33 Å². The molecule has 0 spiro atoms. The van der Waals surface area contributed by atoms with Crippen LogP contribution in [0.3, 0.4) is 0 Å². The second-order valence-electron chi connectivity index (χ2n) is 4.61. The highest BCUT2D eigenvalue weighted by molar-refractivity contribution is 6.18. The van der Waals surface area contributed by atoms with E-state index < -0.39 is 0 Å². The van der Waals surface area contributed by atoms with Gasteiger partial charge in [0.2, 0.25) is 0 Å². The van der Waals surface area contributed by atoms with Crippen LogP contribution in [0.1, 0.15) is 42.5 Å². The molecule has 0 radical (unpaired) electrons. The van der Waals surface area contributed by atoms with Gasteiger partial charge in [-0.15, -0.1) is 11.6 Å². The van der Waals surface area contributed by atoms with Gasteiger partial charge >= 0.3 is 0 Å². The van der Waals surface area contributed by atoms with Gasteiger partial charge in [-0.3, -0.25) is 4.79 Å². The number of rotatable bonds is 4. The first-order chi connectivity index (χ1) is 8.83. The number of nitrogens with zero attached hydrogens (tertiary/aromatic N) is 3. The zero-order valence-corrected chi connectivity index (χ0v) is 11.1. The van der Waals surface area contributed by atoms with Crippen LogP contribution in [0.25, 0.3) is 0 Å². The van der Waals surface area contributed by atoms with E-state index in [4.69, 9.17) is 11.6 Å². The van der Waals surface area contributed by atoms with Gasteiger partial charge in [-0.05, 0) is 12.8 Å². The average Bonchev–Trinajstić information content (AvgIpc) is 2.46. The van der Waals surface area contributed by atoms with Gasteiger partial charge in [-0.25, -0.2) is 9.97 Å². The topological polar surface area (TPSA) is 46.1 Å². The highest BCUT2D eigenvalue weighted by Crippen LogP contribution is 2.23. The molecule has 1 aliphatic rings. The van der Waals surface area contributed by atoms with Crippen LogP contribution in [0, 0.1) is 0 Å². The van der Waals surface area contributed by atoms with Crippen molar-refractivity contribution in [2.75, 3.05) is 12.4 Å². The maximum absolute atomic E-state index is 12.4. The molecule has 0 atom stereocenters. The smallest absolute Gasteiger partial charge is 0.257 e. The molecule has 0 bridgehead atoms. The van der Waals surface area contributed by atoms with Gasteiger partial charge in [0.15, 0.2) is 0 Å². The van der Waals surface area contributed by atoms with Crippen LogP contribution in [0.5, 0.6) is 0 Å². The van der Waals surface area contributed by atoms with E-state index in [2.05, 4.69) is 9.97 Å². The molecule has 0 aliphatic heterocycles. The van der Waals surface area contributed by atoms with Crippen molar-refractivity contribution in [3.8, 4) is 0 Å². The van der Waals surface area contributed by atoms with Crippen LogP contribution < -0.4 is 0 Å². The minimum atomic E-state index is 0.00292. The van der Waals surface area contributed by atoms with Crippen molar-refractivity contribution < 1.29 is 4.79 Å². The summed E-state index contributed by atoms with van der Waals surface area (Å²) in [6.45, 7) is 0.597. The van der Waals surface area contributed by atoms with Crippen LogP contribution in [0.15, 0.2) is 18.7 Å². The second kappa shape index (κ2) is 6.69. The quantitative estimate of drug-likeness (QED) is 0.788. The Bertz CT molecular complexity index is 379. The normalized spacial score (nSPS) is 16.5. The Hall–Kier alpha value is -1.16. The monoisotopic (exact) mass is 267 g/mol. The van der Waals surface area contributed by atoms with Gasteiger partial charge in [0, 0.05) is 30.9 Å². The molecule has 0 N–H and O–H groups in total. The van der Waals surface area contributed by atoms with Gasteiger partial charge in [0.05, 0.1) is 5.56 Å². The average molecular weight is 268 g/mol. The van der Waals surface area contributed by atoms with Crippen LogP contribution in [-0.2, 0) is 0 Å². The maximum atomic E-state index is 12.4. The van der Waals surface area contributed by atoms with Crippen molar-refractivity contribution in [1.82, 2.24) is 14.9 Å². The van der Waals surface area contributed by atoms with Gasteiger partial charge in [-0.1, -0.05) is 19.3 Å². The lowest BCUT2D eigenvalue weighted by Gasteiger charge is -2.34. The predicted octanol–water partition coefficient (Wildman–Crippen LogP) is 2.49. The summed E-state index contributed by atoms with van der Waals surface area (Å²) in [5, 5.41) is 0. The van der Waals surface area contributed by atoms with Crippen molar-refractivity contribution in [2.24, 2.45) is 0 Å². The van der Waals surface area contributed by atoms with Gasteiger partial charge in [-0.2, -0.15) is 0 Å². The summed E-state index contributed by atoms with van der Waals surface area (Å²) in [5.74, 6) is 0.471. The zero-order valence-electron chi connectivity index (χ0n) is 10.4. The lowest BCUT2D eigenvalue weighted by atomic mass is 9.94. The highest BCUT2D eigenvalue weighted by Gasteiger charge is 2.25. The molecule has 0 unspecified atom stereocenters. The molecule has 0 saturated heterocycles. The summed E-state index contributed by atoms with van der Waals surface area (Å²) in [7, 11) is 0. The summed E-state index contributed by atoms with van der Waals surface area (Å²) < 4.78 is 0. The number of amides is 1. The summed E-state index contributed by atoms with van der Waals surface area (Å²) >= 11 is 5.82. The standard InChI is InChI=1S/C13H18ClN3O/c14-6-7-17(12-4-2-1-3-5-12)13(18)11-8-15-10-16-9-11/h8-10,12H,1-7H2. The molecular weight excluding hydrogens is 250 g/mol. The number of hydrogen-bond acceptors (Lipinski definition) is 3. The summed E-state index contributed by atoms with van der Waals surface area (Å²) in [4.78, 5) is 22.1.